The van der Waals surface area contributed by atoms with Crippen molar-refractivity contribution in [3.8, 4) is 0 Å². The third-order valence-electron chi connectivity index (χ3n) is 2.69. The molecular formula is C13H19BrN2O. The smallest absolute Gasteiger partial charge is 0.235 e. The van der Waals surface area contributed by atoms with Gasteiger partial charge in [-0.1, -0.05) is 13.0 Å². The summed E-state index contributed by atoms with van der Waals surface area (Å²) in [5, 5.41) is 0. The van der Waals surface area contributed by atoms with E-state index in [0.29, 0.717) is 0 Å². The first-order chi connectivity index (χ1) is 7.86. The summed E-state index contributed by atoms with van der Waals surface area (Å²) < 4.78 is 2.17. The predicted molar refractivity (Wildman–Crippen MR) is 62.7 cm³/mol. The summed E-state index contributed by atoms with van der Waals surface area (Å²) in [4.78, 5) is 13.9. The molecule has 3 nitrogen and oxygen atoms in total. The van der Waals surface area contributed by atoms with Crippen molar-refractivity contribution in [2.24, 2.45) is 4.99 Å². The van der Waals surface area contributed by atoms with E-state index in [1.165, 1.54) is 0 Å². The number of pyridine rings is 1. The lowest BCUT2D eigenvalue weighted by atomic mass is 10.1. The Morgan fingerprint density at radius 1 is 1.24 bits per heavy atom. The van der Waals surface area contributed by atoms with Crippen LogP contribution in [0.2, 0.25) is 0 Å². The van der Waals surface area contributed by atoms with E-state index in [1.807, 2.05) is 18.2 Å². The number of aliphatic imine (C=N–C) groups is 1. The highest BCUT2D eigenvalue weighted by Crippen LogP contribution is 2.07. The van der Waals surface area contributed by atoms with Gasteiger partial charge in [0.05, 0.1) is 6.04 Å². The van der Waals surface area contributed by atoms with Crippen molar-refractivity contribution in [2.45, 2.75) is 45.2 Å². The molecule has 1 aromatic heterocycles. The van der Waals surface area contributed by atoms with Crippen LogP contribution >= 0.6 is 0 Å². The van der Waals surface area contributed by atoms with Gasteiger partial charge in [0, 0.05) is 18.6 Å². The maximum absolute atomic E-state index is 10.1. The normalized spacial score (nSPS) is 11.1. The summed E-state index contributed by atoms with van der Waals surface area (Å²) in [5.41, 5.74) is 0. The summed E-state index contributed by atoms with van der Waals surface area (Å²) in [7, 11) is 0. The summed E-state index contributed by atoms with van der Waals surface area (Å²) >= 11 is 0. The molecule has 0 saturated carbocycles. The molecule has 1 aromatic rings. The van der Waals surface area contributed by atoms with E-state index < -0.39 is 0 Å². The fourth-order valence-corrected chi connectivity index (χ4v) is 1.69. The number of hydrogen-bond acceptors (Lipinski definition) is 2. The van der Waals surface area contributed by atoms with Crippen molar-refractivity contribution >= 4 is 6.08 Å². The molecule has 0 saturated heterocycles. The summed E-state index contributed by atoms with van der Waals surface area (Å²) in [6.07, 6.45) is 9.92. The fraction of sp³-hybridized carbons (Fsp3) is 0.538. The summed E-state index contributed by atoms with van der Waals surface area (Å²) in [6, 6.07) is 6.25. The number of aromatic nitrogens is 1. The average Bonchev–Trinajstić information content (AvgIpc) is 2.34. The van der Waals surface area contributed by atoms with Crippen LogP contribution in [-0.2, 0) is 11.3 Å². The van der Waals surface area contributed by atoms with Gasteiger partial charge in [-0.2, -0.15) is 0 Å². The van der Waals surface area contributed by atoms with Gasteiger partial charge < -0.3 is 17.0 Å². The third-order valence-corrected chi connectivity index (χ3v) is 2.69. The Bertz CT molecular complexity index is 337. The van der Waals surface area contributed by atoms with Crippen molar-refractivity contribution in [2.75, 3.05) is 0 Å². The van der Waals surface area contributed by atoms with Crippen molar-refractivity contribution in [1.82, 2.24) is 0 Å². The van der Waals surface area contributed by atoms with E-state index in [2.05, 4.69) is 28.9 Å². The quantitative estimate of drug-likeness (QED) is 0.283. The Kier molecular flexibility index (Phi) is 9.59. The van der Waals surface area contributed by atoms with Crippen molar-refractivity contribution in [3.63, 3.8) is 0 Å². The molecule has 94 valence electrons. The minimum atomic E-state index is 0. The van der Waals surface area contributed by atoms with Crippen LogP contribution in [0.25, 0.3) is 0 Å². The molecule has 4 heteroatoms. The molecule has 0 radical (unpaired) electrons. The highest BCUT2D eigenvalue weighted by Gasteiger charge is 2.04. The van der Waals surface area contributed by atoms with Crippen molar-refractivity contribution < 1.29 is 26.3 Å². The number of hydrogen-bond donors (Lipinski definition) is 0. The number of halogens is 1. The molecule has 1 atom stereocenters. The second-order valence-corrected chi connectivity index (χ2v) is 3.89. The zero-order valence-electron chi connectivity index (χ0n) is 10.2. The van der Waals surface area contributed by atoms with Crippen LogP contribution in [0.4, 0.5) is 0 Å². The lowest BCUT2D eigenvalue weighted by Gasteiger charge is -2.05. The maximum atomic E-state index is 10.1. The molecule has 1 unspecified atom stereocenters. The Labute approximate surface area is 113 Å². The zero-order valence-corrected chi connectivity index (χ0v) is 11.8. The lowest BCUT2D eigenvalue weighted by Crippen LogP contribution is -3.00. The lowest BCUT2D eigenvalue weighted by molar-refractivity contribution is -0.697. The van der Waals surface area contributed by atoms with Crippen LogP contribution < -0.4 is 21.5 Å². The number of nitrogens with zero attached hydrogens (tertiary/aromatic N) is 2. The minimum Gasteiger partial charge on any atom is -1.00 e. The SMILES string of the molecule is CCC(CCCC[n+]1ccccc1)N=C=O.[Br-]. The topological polar surface area (TPSA) is 33.3 Å². The van der Waals surface area contributed by atoms with Gasteiger partial charge in [-0.25, -0.2) is 14.4 Å². The van der Waals surface area contributed by atoms with E-state index in [9.17, 15) is 4.79 Å². The van der Waals surface area contributed by atoms with Crippen LogP contribution in [-0.4, -0.2) is 12.1 Å². The standard InChI is InChI=1S/C13H19N2O.BrH/c1-2-13(14-12-16)8-4-7-11-15-9-5-3-6-10-15;/h3,5-6,9-10,13H,2,4,7-8,11H2,1H3;1H/q+1;/p-1. The van der Waals surface area contributed by atoms with Gasteiger partial charge in [-0.3, -0.25) is 0 Å². The van der Waals surface area contributed by atoms with Gasteiger partial charge in [-0.05, 0) is 19.3 Å². The van der Waals surface area contributed by atoms with Crippen LogP contribution in [0.15, 0.2) is 35.6 Å². The van der Waals surface area contributed by atoms with Crippen molar-refractivity contribution in [3.05, 3.63) is 30.6 Å². The Balaban J connectivity index is 0.00000256. The second-order valence-electron chi connectivity index (χ2n) is 3.89. The number of isocyanates is 1. The van der Waals surface area contributed by atoms with E-state index in [0.717, 1.165) is 32.2 Å². The Morgan fingerprint density at radius 2 is 1.94 bits per heavy atom. The van der Waals surface area contributed by atoms with E-state index in [1.54, 1.807) is 6.08 Å². The molecule has 0 bridgehead atoms. The average molecular weight is 299 g/mol. The molecule has 0 fully saturated rings. The molecule has 0 aromatic carbocycles. The fourth-order valence-electron chi connectivity index (χ4n) is 1.69. The summed E-state index contributed by atoms with van der Waals surface area (Å²) in [6.45, 7) is 3.08. The number of carbonyl (C=O) groups excluding carboxylic acids is 1. The first kappa shape index (κ1) is 16.0. The number of unbranched alkanes of at least 4 members (excludes halogenated alkanes) is 1. The van der Waals surface area contributed by atoms with Crippen LogP contribution in [0.3, 0.4) is 0 Å². The molecule has 0 amide bonds. The predicted octanol–water partition coefficient (Wildman–Crippen LogP) is -0.737. The number of aryl methyl sites for hydroxylation is 1. The van der Waals surface area contributed by atoms with Gasteiger partial charge in [0.1, 0.15) is 6.54 Å². The van der Waals surface area contributed by atoms with E-state index >= 15 is 0 Å². The monoisotopic (exact) mass is 298 g/mol. The molecule has 1 rings (SSSR count). The molecule has 0 N–H and O–H groups in total. The maximum Gasteiger partial charge on any atom is 0.235 e. The van der Waals surface area contributed by atoms with Crippen LogP contribution in [0, 0.1) is 0 Å². The highest BCUT2D eigenvalue weighted by atomic mass is 79.9. The molecule has 0 aliphatic heterocycles. The second kappa shape index (κ2) is 10.2. The first-order valence-corrected chi connectivity index (χ1v) is 5.88. The van der Waals surface area contributed by atoms with Gasteiger partial charge >= 0.3 is 0 Å². The minimum absolute atomic E-state index is 0. The first-order valence-electron chi connectivity index (χ1n) is 5.88. The zero-order chi connectivity index (χ0) is 11.6. The molecule has 17 heavy (non-hydrogen) atoms. The van der Waals surface area contributed by atoms with Gasteiger partial charge in [-0.15, -0.1) is 0 Å². The van der Waals surface area contributed by atoms with Gasteiger partial charge in [0.25, 0.3) is 0 Å². The van der Waals surface area contributed by atoms with E-state index in [-0.39, 0.29) is 23.0 Å². The van der Waals surface area contributed by atoms with E-state index in [4.69, 9.17) is 0 Å². The van der Waals surface area contributed by atoms with Crippen LogP contribution in [0.1, 0.15) is 32.6 Å². The summed E-state index contributed by atoms with van der Waals surface area (Å²) in [5.74, 6) is 0. The van der Waals surface area contributed by atoms with Crippen molar-refractivity contribution in [1.29, 1.82) is 0 Å². The largest absolute Gasteiger partial charge is 1.00 e. The molecular weight excluding hydrogens is 280 g/mol. The molecule has 0 spiro atoms. The van der Waals surface area contributed by atoms with Gasteiger partial charge in [0.15, 0.2) is 12.4 Å². The molecule has 1 heterocycles. The molecule has 0 aliphatic rings. The number of rotatable bonds is 7. The molecule has 0 aliphatic carbocycles. The van der Waals surface area contributed by atoms with Gasteiger partial charge in [0.2, 0.25) is 6.08 Å². The Hall–Kier alpha value is -0.990. The van der Waals surface area contributed by atoms with Crippen LogP contribution in [0.5, 0.6) is 0 Å². The highest BCUT2D eigenvalue weighted by molar-refractivity contribution is 5.33. The third kappa shape index (κ3) is 7.03. The Morgan fingerprint density at radius 3 is 2.53 bits per heavy atom.